The Kier molecular flexibility index (Phi) is 8.42. The summed E-state index contributed by atoms with van der Waals surface area (Å²) in [6.45, 7) is 0. The van der Waals surface area contributed by atoms with Crippen LogP contribution < -0.4 is 0 Å². The molecule has 0 aliphatic carbocycles. The van der Waals surface area contributed by atoms with Crippen LogP contribution in [0.5, 0.6) is 0 Å². The fourth-order valence-electron chi connectivity index (χ4n) is 9.12. The highest BCUT2D eigenvalue weighted by Crippen LogP contribution is 2.42. The summed E-state index contributed by atoms with van der Waals surface area (Å²) in [7, 11) is 0. The van der Waals surface area contributed by atoms with Gasteiger partial charge in [-0.3, -0.25) is 4.57 Å². The number of fused-ring (bicyclic) bond motifs is 7. The molecule has 5 heteroatoms. The normalized spacial score (nSPS) is 11.5. The molecule has 0 unspecified atom stereocenters. The maximum Gasteiger partial charge on any atom is 0.238 e. The molecule has 0 N–H and O–H groups in total. The van der Waals surface area contributed by atoms with Gasteiger partial charge in [0.25, 0.3) is 0 Å². The monoisotopic (exact) mass is 791 g/mol. The number of aromatic nitrogens is 5. The van der Waals surface area contributed by atoms with Gasteiger partial charge in [0.2, 0.25) is 5.95 Å². The lowest BCUT2D eigenvalue weighted by molar-refractivity contribution is 0.953. The largest absolute Gasteiger partial charge is 0.307 e. The molecular formula is C57H37N5. The van der Waals surface area contributed by atoms with Gasteiger partial charge in [-0.05, 0) is 57.6 Å². The Hall–Kier alpha value is -8.41. The van der Waals surface area contributed by atoms with Crippen LogP contribution in [0.4, 0.5) is 0 Å². The fraction of sp³-hybridized carbons (Fsp3) is 0. The average Bonchev–Trinajstić information content (AvgIpc) is 3.88. The number of nitrogens with zero attached hydrogens (tertiary/aromatic N) is 5. The van der Waals surface area contributed by atoms with Crippen LogP contribution >= 0.6 is 0 Å². The van der Waals surface area contributed by atoms with E-state index in [4.69, 9.17) is 15.0 Å². The summed E-state index contributed by atoms with van der Waals surface area (Å²) in [5, 5.41) is 4.59. The summed E-state index contributed by atoms with van der Waals surface area (Å²) >= 11 is 0. The summed E-state index contributed by atoms with van der Waals surface area (Å²) in [5.74, 6) is 1.78. The van der Waals surface area contributed by atoms with Crippen LogP contribution in [0.15, 0.2) is 224 Å². The highest BCUT2D eigenvalue weighted by atomic mass is 15.2. The van der Waals surface area contributed by atoms with E-state index in [1.807, 2.05) is 24.3 Å². The van der Waals surface area contributed by atoms with Crippen molar-refractivity contribution in [2.45, 2.75) is 0 Å². The summed E-state index contributed by atoms with van der Waals surface area (Å²) < 4.78 is 4.67. The molecule has 9 aromatic carbocycles. The van der Waals surface area contributed by atoms with Crippen molar-refractivity contribution in [2.75, 3.05) is 0 Å². The molecule has 0 spiro atoms. The highest BCUT2D eigenvalue weighted by molar-refractivity contribution is 6.23. The zero-order valence-electron chi connectivity index (χ0n) is 33.6. The van der Waals surface area contributed by atoms with Crippen LogP contribution in [-0.4, -0.2) is 24.1 Å². The molecular weight excluding hydrogens is 755 g/mol. The zero-order chi connectivity index (χ0) is 41.0. The topological polar surface area (TPSA) is 48.5 Å². The second-order valence-corrected chi connectivity index (χ2v) is 15.6. The Balaban J connectivity index is 1.10. The molecule has 0 aliphatic rings. The lowest BCUT2D eigenvalue weighted by Crippen LogP contribution is -2.07. The number of rotatable bonds is 7. The van der Waals surface area contributed by atoms with E-state index >= 15 is 0 Å². The summed E-state index contributed by atoms with van der Waals surface area (Å²) in [6, 6.07) is 79.2. The molecule has 0 aliphatic heterocycles. The van der Waals surface area contributed by atoms with Gasteiger partial charge >= 0.3 is 0 Å². The Morgan fingerprint density at radius 1 is 0.258 bits per heavy atom. The quantitative estimate of drug-likeness (QED) is 0.162. The second-order valence-electron chi connectivity index (χ2n) is 15.6. The molecule has 3 heterocycles. The van der Waals surface area contributed by atoms with Gasteiger partial charge in [0.15, 0.2) is 11.6 Å². The number of para-hydroxylation sites is 2. The van der Waals surface area contributed by atoms with E-state index in [1.165, 1.54) is 22.1 Å². The van der Waals surface area contributed by atoms with Gasteiger partial charge in [-0.1, -0.05) is 200 Å². The third-order valence-corrected chi connectivity index (χ3v) is 12.0. The summed E-state index contributed by atoms with van der Waals surface area (Å²) in [6.07, 6.45) is 0. The third kappa shape index (κ3) is 5.90. The van der Waals surface area contributed by atoms with Gasteiger partial charge in [0, 0.05) is 38.4 Å². The van der Waals surface area contributed by atoms with Crippen LogP contribution in [0.3, 0.4) is 0 Å². The van der Waals surface area contributed by atoms with E-state index in [0.29, 0.717) is 17.6 Å². The maximum atomic E-state index is 5.35. The molecule has 0 fully saturated rings. The molecule has 290 valence electrons. The molecule has 5 nitrogen and oxygen atoms in total. The Labute approximate surface area is 358 Å². The molecule has 0 saturated carbocycles. The molecule has 0 saturated heterocycles. The zero-order valence-corrected chi connectivity index (χ0v) is 33.6. The standard InChI is InChI=1S/C57H37N5/c1-4-16-38(17-5-1)39-28-30-43(31-29-39)56-58-55(42-20-8-3-9-21-42)59-57(60-56)62-52-27-15-13-25-48(52)50-37-36-49-47-24-12-14-26-51(47)61(53(49)54(50)62)44-34-32-41(33-35-44)46-23-11-10-22-45(46)40-18-6-2-7-19-40/h1-37H. The summed E-state index contributed by atoms with van der Waals surface area (Å²) in [4.78, 5) is 15.8. The molecule has 0 bridgehead atoms. The minimum Gasteiger partial charge on any atom is -0.307 e. The van der Waals surface area contributed by atoms with Crippen LogP contribution in [0.2, 0.25) is 0 Å². The maximum absolute atomic E-state index is 5.35. The minimum absolute atomic E-state index is 0.560. The lowest BCUT2D eigenvalue weighted by Gasteiger charge is -2.14. The van der Waals surface area contributed by atoms with Crippen molar-refractivity contribution in [3.05, 3.63) is 224 Å². The van der Waals surface area contributed by atoms with Crippen molar-refractivity contribution in [1.29, 1.82) is 0 Å². The SMILES string of the molecule is c1ccc(-c2ccc(-c3nc(-c4ccccc4)nc(-n4c5ccccc5c5ccc6c7ccccc7n(-c7ccc(-c8ccccc8-c8ccccc8)cc7)c6c54)n3)cc2)cc1. The minimum atomic E-state index is 0.560. The van der Waals surface area contributed by atoms with Crippen molar-refractivity contribution in [3.8, 4) is 67.8 Å². The summed E-state index contributed by atoms with van der Waals surface area (Å²) in [5.41, 5.74) is 14.3. The number of benzene rings is 9. The van der Waals surface area contributed by atoms with E-state index in [0.717, 1.165) is 71.7 Å². The van der Waals surface area contributed by atoms with Crippen LogP contribution in [-0.2, 0) is 0 Å². The second kappa shape index (κ2) is 14.7. The van der Waals surface area contributed by atoms with E-state index in [-0.39, 0.29) is 0 Å². The molecule has 0 amide bonds. The molecule has 0 atom stereocenters. The smallest absolute Gasteiger partial charge is 0.238 e. The highest BCUT2D eigenvalue weighted by Gasteiger charge is 2.23. The predicted molar refractivity (Wildman–Crippen MR) is 256 cm³/mol. The Morgan fingerprint density at radius 3 is 1.23 bits per heavy atom. The van der Waals surface area contributed by atoms with Crippen LogP contribution in [0.1, 0.15) is 0 Å². The van der Waals surface area contributed by atoms with Crippen molar-refractivity contribution < 1.29 is 0 Å². The van der Waals surface area contributed by atoms with Crippen LogP contribution in [0, 0.1) is 0 Å². The molecule has 62 heavy (non-hydrogen) atoms. The number of hydrogen-bond donors (Lipinski definition) is 0. The molecule has 3 aromatic heterocycles. The molecule has 12 rings (SSSR count). The fourth-order valence-corrected chi connectivity index (χ4v) is 9.12. The average molecular weight is 792 g/mol. The first-order valence-corrected chi connectivity index (χ1v) is 21.0. The van der Waals surface area contributed by atoms with Gasteiger partial charge in [-0.15, -0.1) is 0 Å². The first kappa shape index (κ1) is 35.5. The number of hydrogen-bond acceptors (Lipinski definition) is 3. The van der Waals surface area contributed by atoms with Gasteiger partial charge < -0.3 is 4.57 Å². The van der Waals surface area contributed by atoms with E-state index in [9.17, 15) is 0 Å². The van der Waals surface area contributed by atoms with E-state index < -0.39 is 0 Å². The third-order valence-electron chi connectivity index (χ3n) is 12.0. The van der Waals surface area contributed by atoms with Gasteiger partial charge in [0.1, 0.15) is 0 Å². The van der Waals surface area contributed by atoms with E-state index in [1.54, 1.807) is 0 Å². The van der Waals surface area contributed by atoms with Crippen LogP contribution in [0.25, 0.3) is 111 Å². The van der Waals surface area contributed by atoms with Crippen molar-refractivity contribution in [3.63, 3.8) is 0 Å². The molecule has 0 radical (unpaired) electrons. The van der Waals surface area contributed by atoms with Crippen molar-refractivity contribution in [1.82, 2.24) is 24.1 Å². The van der Waals surface area contributed by atoms with Gasteiger partial charge in [-0.25, -0.2) is 4.98 Å². The Morgan fingerprint density at radius 2 is 0.645 bits per heavy atom. The Bertz CT molecular complexity index is 3590. The van der Waals surface area contributed by atoms with Crippen molar-refractivity contribution in [2.24, 2.45) is 0 Å². The molecule has 12 aromatic rings. The predicted octanol–water partition coefficient (Wildman–Crippen LogP) is 14.4. The lowest BCUT2D eigenvalue weighted by atomic mass is 9.94. The van der Waals surface area contributed by atoms with Gasteiger partial charge in [-0.2, -0.15) is 9.97 Å². The van der Waals surface area contributed by atoms with Gasteiger partial charge in [0.05, 0.1) is 22.1 Å². The van der Waals surface area contributed by atoms with Crippen molar-refractivity contribution >= 4 is 43.6 Å². The first-order valence-electron chi connectivity index (χ1n) is 21.0. The van der Waals surface area contributed by atoms with E-state index in [2.05, 4.69) is 209 Å². The first-order chi connectivity index (χ1) is 30.8.